The van der Waals surface area contributed by atoms with E-state index in [2.05, 4.69) is 27.3 Å². The zero-order valence-corrected chi connectivity index (χ0v) is 11.9. The van der Waals surface area contributed by atoms with E-state index in [4.69, 9.17) is 0 Å². The van der Waals surface area contributed by atoms with Gasteiger partial charge in [0.2, 0.25) is 0 Å². The summed E-state index contributed by atoms with van der Waals surface area (Å²) in [6.07, 6.45) is 1.65. The molecule has 0 saturated carbocycles. The lowest BCUT2D eigenvalue weighted by atomic mass is 10.1. The first kappa shape index (κ1) is 14.2. The summed E-state index contributed by atoms with van der Waals surface area (Å²) >= 11 is 0. The van der Waals surface area contributed by atoms with Crippen LogP contribution in [0.15, 0.2) is 24.4 Å². The van der Waals surface area contributed by atoms with E-state index in [-0.39, 0.29) is 5.56 Å². The van der Waals surface area contributed by atoms with Gasteiger partial charge in [0.25, 0.3) is 0 Å². The maximum atomic E-state index is 13.9. The molecule has 21 heavy (non-hydrogen) atoms. The number of hydrogen-bond acceptors (Lipinski definition) is 3. The fourth-order valence-electron chi connectivity index (χ4n) is 2.78. The van der Waals surface area contributed by atoms with Crippen molar-refractivity contribution in [2.45, 2.75) is 19.5 Å². The number of aromatic amines is 1. The monoisotopic (exact) mass is 292 g/mol. The molecule has 6 heteroatoms. The molecule has 1 aromatic heterocycles. The molecule has 4 nitrogen and oxygen atoms in total. The van der Waals surface area contributed by atoms with Crippen LogP contribution in [0.4, 0.5) is 8.78 Å². The van der Waals surface area contributed by atoms with Gasteiger partial charge in [-0.15, -0.1) is 0 Å². The predicted octanol–water partition coefficient (Wildman–Crippen LogP) is 2.15. The maximum absolute atomic E-state index is 13.9. The Labute approximate surface area is 122 Å². The molecule has 0 aliphatic carbocycles. The lowest BCUT2D eigenvalue weighted by Gasteiger charge is -2.31. The zero-order valence-electron chi connectivity index (χ0n) is 11.9. The Hall–Kier alpha value is -1.79. The second kappa shape index (κ2) is 5.91. The first-order valence-electron chi connectivity index (χ1n) is 7.07. The third-order valence-electron chi connectivity index (χ3n) is 3.78. The van der Waals surface area contributed by atoms with Gasteiger partial charge in [-0.2, -0.15) is 5.10 Å². The van der Waals surface area contributed by atoms with Crippen molar-refractivity contribution in [3.8, 4) is 11.3 Å². The van der Waals surface area contributed by atoms with Crippen LogP contribution in [0.3, 0.4) is 0 Å². The minimum atomic E-state index is -0.575. The summed E-state index contributed by atoms with van der Waals surface area (Å²) in [5.74, 6) is -1.15. The molecule has 1 fully saturated rings. The number of rotatable bonds is 3. The van der Waals surface area contributed by atoms with E-state index >= 15 is 0 Å². The molecule has 1 aliphatic heterocycles. The van der Waals surface area contributed by atoms with E-state index in [1.54, 1.807) is 6.20 Å². The van der Waals surface area contributed by atoms with Crippen LogP contribution in [0.1, 0.15) is 12.5 Å². The number of benzene rings is 1. The molecule has 2 aromatic rings. The Kier molecular flexibility index (Phi) is 3.98. The molecule has 112 valence electrons. The van der Waals surface area contributed by atoms with Crippen molar-refractivity contribution < 1.29 is 8.78 Å². The molecule has 3 rings (SSSR count). The van der Waals surface area contributed by atoms with Crippen molar-refractivity contribution in [3.05, 3.63) is 41.6 Å². The Bertz CT molecular complexity index is 606. The average Bonchev–Trinajstić information content (AvgIpc) is 2.87. The number of H-pyrrole nitrogens is 1. The molecule has 0 unspecified atom stereocenters. The van der Waals surface area contributed by atoms with E-state index < -0.39 is 11.6 Å². The number of halogens is 2. The molecule has 1 atom stereocenters. The number of nitrogens with one attached hydrogen (secondary N) is 2. The second-order valence-electron chi connectivity index (χ2n) is 5.46. The van der Waals surface area contributed by atoms with Crippen LogP contribution >= 0.6 is 0 Å². The quantitative estimate of drug-likeness (QED) is 0.911. The normalized spacial score (nSPS) is 19.9. The van der Waals surface area contributed by atoms with E-state index in [1.807, 2.05) is 0 Å². The highest BCUT2D eigenvalue weighted by atomic mass is 19.1. The Balaban J connectivity index is 1.87. The van der Waals surface area contributed by atoms with Gasteiger partial charge >= 0.3 is 0 Å². The number of nitrogens with zero attached hydrogens (tertiary/aromatic N) is 2. The van der Waals surface area contributed by atoms with Gasteiger partial charge in [-0.1, -0.05) is 6.07 Å². The maximum Gasteiger partial charge on any atom is 0.135 e. The molecule has 2 N–H and O–H groups in total. The van der Waals surface area contributed by atoms with Crippen LogP contribution < -0.4 is 5.32 Å². The fraction of sp³-hybridized carbons (Fsp3) is 0.400. The second-order valence-corrected chi connectivity index (χ2v) is 5.46. The van der Waals surface area contributed by atoms with Crippen LogP contribution in [-0.2, 0) is 6.54 Å². The highest BCUT2D eigenvalue weighted by Crippen LogP contribution is 2.27. The molecule has 0 radical (unpaired) electrons. The zero-order chi connectivity index (χ0) is 14.8. The SMILES string of the molecule is C[C@H]1CN(Cc2cn[nH]c2-c2c(F)cccc2F)CCN1. The summed E-state index contributed by atoms with van der Waals surface area (Å²) in [7, 11) is 0. The summed E-state index contributed by atoms with van der Waals surface area (Å²) in [6.45, 7) is 5.49. The average molecular weight is 292 g/mol. The standard InChI is InChI=1S/C15H18F2N4/c1-10-8-21(6-5-18-10)9-11-7-19-20-15(11)14-12(16)3-2-4-13(14)17/h2-4,7,10,18H,5-6,8-9H2,1H3,(H,19,20)/t10-/m0/s1. The largest absolute Gasteiger partial charge is 0.312 e. The summed E-state index contributed by atoms with van der Waals surface area (Å²) in [4.78, 5) is 2.26. The summed E-state index contributed by atoms with van der Waals surface area (Å²) in [5, 5.41) is 10.1. The first-order chi connectivity index (χ1) is 10.1. The highest BCUT2D eigenvalue weighted by Gasteiger charge is 2.20. The van der Waals surface area contributed by atoms with Crippen molar-refractivity contribution in [1.29, 1.82) is 0 Å². The first-order valence-corrected chi connectivity index (χ1v) is 7.07. The van der Waals surface area contributed by atoms with Gasteiger partial charge in [0.1, 0.15) is 11.6 Å². The van der Waals surface area contributed by atoms with Crippen molar-refractivity contribution in [3.63, 3.8) is 0 Å². The molecule has 1 saturated heterocycles. The topological polar surface area (TPSA) is 44.0 Å². The minimum Gasteiger partial charge on any atom is -0.312 e. The number of hydrogen-bond donors (Lipinski definition) is 2. The van der Waals surface area contributed by atoms with Crippen molar-refractivity contribution in [2.24, 2.45) is 0 Å². The van der Waals surface area contributed by atoms with Crippen LogP contribution in [-0.4, -0.2) is 40.8 Å². The van der Waals surface area contributed by atoms with E-state index in [0.29, 0.717) is 18.3 Å². The van der Waals surface area contributed by atoms with Gasteiger partial charge in [-0.05, 0) is 19.1 Å². The van der Waals surface area contributed by atoms with Crippen molar-refractivity contribution in [2.75, 3.05) is 19.6 Å². The molecule has 0 spiro atoms. The fourth-order valence-corrected chi connectivity index (χ4v) is 2.78. The summed E-state index contributed by atoms with van der Waals surface area (Å²) in [5.41, 5.74) is 1.21. The molecular weight excluding hydrogens is 274 g/mol. The van der Waals surface area contributed by atoms with E-state index in [0.717, 1.165) is 25.2 Å². The van der Waals surface area contributed by atoms with Crippen LogP contribution in [0.2, 0.25) is 0 Å². The smallest absolute Gasteiger partial charge is 0.135 e. The van der Waals surface area contributed by atoms with Crippen molar-refractivity contribution in [1.82, 2.24) is 20.4 Å². The summed E-state index contributed by atoms with van der Waals surface area (Å²) in [6, 6.07) is 4.30. The molecular formula is C15H18F2N4. The Morgan fingerprint density at radius 2 is 2.10 bits per heavy atom. The van der Waals surface area contributed by atoms with Crippen molar-refractivity contribution >= 4 is 0 Å². The third-order valence-corrected chi connectivity index (χ3v) is 3.78. The van der Waals surface area contributed by atoms with E-state index in [9.17, 15) is 8.78 Å². The van der Waals surface area contributed by atoms with Gasteiger partial charge in [0, 0.05) is 37.8 Å². The van der Waals surface area contributed by atoms with Gasteiger partial charge in [0.05, 0.1) is 17.5 Å². The Morgan fingerprint density at radius 3 is 2.81 bits per heavy atom. The highest BCUT2D eigenvalue weighted by molar-refractivity contribution is 5.64. The Morgan fingerprint density at radius 1 is 1.33 bits per heavy atom. The third kappa shape index (κ3) is 2.96. The molecule has 2 heterocycles. The van der Waals surface area contributed by atoms with Crippen LogP contribution in [0.25, 0.3) is 11.3 Å². The van der Waals surface area contributed by atoms with E-state index in [1.165, 1.54) is 18.2 Å². The van der Waals surface area contributed by atoms with Gasteiger partial charge in [0.15, 0.2) is 0 Å². The lowest BCUT2D eigenvalue weighted by Crippen LogP contribution is -2.48. The van der Waals surface area contributed by atoms with Gasteiger partial charge < -0.3 is 5.32 Å². The van der Waals surface area contributed by atoms with Crippen LogP contribution in [0.5, 0.6) is 0 Å². The lowest BCUT2D eigenvalue weighted by molar-refractivity contribution is 0.200. The molecule has 1 aromatic carbocycles. The number of aromatic nitrogens is 2. The minimum absolute atomic E-state index is 0.0341. The summed E-state index contributed by atoms with van der Waals surface area (Å²) < 4.78 is 27.8. The van der Waals surface area contributed by atoms with Crippen LogP contribution in [0, 0.1) is 11.6 Å². The molecule has 0 amide bonds. The molecule has 0 bridgehead atoms. The van der Waals surface area contributed by atoms with Gasteiger partial charge in [-0.25, -0.2) is 8.78 Å². The molecule has 1 aliphatic rings. The number of piperazine rings is 1. The predicted molar refractivity (Wildman–Crippen MR) is 76.7 cm³/mol. The van der Waals surface area contributed by atoms with Gasteiger partial charge in [-0.3, -0.25) is 10.00 Å².